The number of carbonyl (C=O) groups is 2. The van der Waals surface area contributed by atoms with Crippen molar-refractivity contribution in [3.63, 3.8) is 0 Å². The number of ketones is 1. The number of carbonyl (C=O) groups excluding carboxylic acids is 2. The third kappa shape index (κ3) is 5.62. The summed E-state index contributed by atoms with van der Waals surface area (Å²) in [7, 11) is 1.86. The van der Waals surface area contributed by atoms with E-state index in [0.717, 1.165) is 37.4 Å². The molecule has 0 aliphatic carbocycles. The quantitative estimate of drug-likeness (QED) is 0.514. The lowest BCUT2D eigenvalue weighted by atomic mass is 9.78. The number of hydrogen-bond donors (Lipinski definition) is 1. The van der Waals surface area contributed by atoms with Crippen LogP contribution in [0.25, 0.3) is 5.65 Å². The van der Waals surface area contributed by atoms with Crippen LogP contribution in [-0.4, -0.2) is 69.4 Å². The molecule has 3 aromatic rings. The molecular weight excluding hydrogens is 444 g/mol. The second-order valence-corrected chi connectivity index (χ2v) is 8.81. The first-order valence-corrected chi connectivity index (χ1v) is 11.7. The van der Waals surface area contributed by atoms with Crippen LogP contribution in [0.3, 0.4) is 0 Å². The lowest BCUT2D eigenvalue weighted by molar-refractivity contribution is -0.156. The molecule has 2 aromatic heterocycles. The van der Waals surface area contributed by atoms with Gasteiger partial charge in [0.25, 0.3) is 0 Å². The SMILES string of the molecule is C.CC.CC(=O)Cc1cccc(Oc2ccc3nc(NCN4CCC5(C4)CN(C)C5=O)cn3n2)c1. The first-order chi connectivity index (χ1) is 16.4. The highest BCUT2D eigenvalue weighted by Gasteiger charge is 2.53. The maximum Gasteiger partial charge on any atom is 0.237 e. The summed E-state index contributed by atoms with van der Waals surface area (Å²) in [6, 6.07) is 11.1. The Labute approximate surface area is 207 Å². The number of nitrogens with one attached hydrogen (secondary N) is 1. The average molecular weight is 481 g/mol. The molecule has 2 fully saturated rings. The van der Waals surface area contributed by atoms with Gasteiger partial charge in [0.15, 0.2) is 5.65 Å². The number of nitrogens with zero attached hydrogens (tertiary/aromatic N) is 5. The summed E-state index contributed by atoms with van der Waals surface area (Å²) in [5, 5.41) is 7.83. The van der Waals surface area contributed by atoms with Gasteiger partial charge in [0.2, 0.25) is 11.8 Å². The minimum atomic E-state index is -0.176. The molecule has 4 heterocycles. The summed E-state index contributed by atoms with van der Waals surface area (Å²) < 4.78 is 7.56. The molecular formula is C26H36N6O3. The van der Waals surface area contributed by atoms with Crippen molar-refractivity contribution in [3.05, 3.63) is 48.2 Å². The largest absolute Gasteiger partial charge is 0.438 e. The fraction of sp³-hybridized carbons (Fsp3) is 0.462. The molecule has 2 aliphatic rings. The highest BCUT2D eigenvalue weighted by Crippen LogP contribution is 2.39. The number of rotatable bonds is 7. The number of benzene rings is 1. The maximum atomic E-state index is 12.2. The van der Waals surface area contributed by atoms with E-state index in [1.807, 2.05) is 57.4 Å². The van der Waals surface area contributed by atoms with E-state index in [-0.39, 0.29) is 24.5 Å². The zero-order chi connectivity index (χ0) is 24.3. The van der Waals surface area contributed by atoms with Crippen molar-refractivity contribution >= 4 is 23.2 Å². The van der Waals surface area contributed by atoms with Crippen molar-refractivity contribution in [1.82, 2.24) is 24.4 Å². The Kier molecular flexibility index (Phi) is 8.11. The van der Waals surface area contributed by atoms with Crippen LogP contribution in [-0.2, 0) is 16.0 Å². The summed E-state index contributed by atoms with van der Waals surface area (Å²) in [5.74, 6) is 2.16. The molecule has 188 valence electrons. The smallest absolute Gasteiger partial charge is 0.237 e. The molecule has 0 radical (unpaired) electrons. The van der Waals surface area contributed by atoms with E-state index in [1.165, 1.54) is 0 Å². The van der Waals surface area contributed by atoms with E-state index < -0.39 is 0 Å². The van der Waals surface area contributed by atoms with Gasteiger partial charge in [-0.3, -0.25) is 14.5 Å². The van der Waals surface area contributed by atoms with E-state index in [4.69, 9.17) is 4.74 Å². The molecule has 9 nitrogen and oxygen atoms in total. The Hall–Kier alpha value is -3.46. The van der Waals surface area contributed by atoms with Gasteiger partial charge in [0.1, 0.15) is 17.4 Å². The van der Waals surface area contributed by atoms with Crippen LogP contribution in [0.5, 0.6) is 11.6 Å². The van der Waals surface area contributed by atoms with Gasteiger partial charge in [-0.05, 0) is 37.1 Å². The van der Waals surface area contributed by atoms with Crippen LogP contribution >= 0.6 is 0 Å². The standard InChI is InChI=1S/C23H26N6O3.C2H6.CH4/c1-16(30)10-17-4-3-5-18(11-17)32-21-7-6-20-25-19(12-29(20)26-21)24-15-28-9-8-23(14-28)13-27(2)22(23)31;1-2;/h3-7,11-12,24H,8-10,13-15H2,1-2H3;1-2H3;1H4. The number of ether oxygens (including phenoxy) is 1. The predicted molar refractivity (Wildman–Crippen MR) is 137 cm³/mol. The molecule has 0 bridgehead atoms. The van der Waals surface area contributed by atoms with Crippen LogP contribution in [0, 0.1) is 5.41 Å². The first kappa shape index (κ1) is 26.2. The zero-order valence-electron chi connectivity index (χ0n) is 20.2. The third-order valence-corrected chi connectivity index (χ3v) is 6.13. The second kappa shape index (κ2) is 10.9. The molecule has 1 atom stereocenters. The van der Waals surface area contributed by atoms with Crippen molar-refractivity contribution in [2.45, 2.75) is 41.0 Å². The Morgan fingerprint density at radius 3 is 2.71 bits per heavy atom. The Morgan fingerprint density at radius 1 is 1.20 bits per heavy atom. The average Bonchev–Trinajstić information content (AvgIpc) is 3.44. The van der Waals surface area contributed by atoms with E-state index in [2.05, 4.69) is 20.3 Å². The molecule has 1 aromatic carbocycles. The van der Waals surface area contributed by atoms with Crippen molar-refractivity contribution in [3.8, 4) is 11.6 Å². The van der Waals surface area contributed by atoms with Crippen LogP contribution in [0.4, 0.5) is 5.82 Å². The summed E-state index contributed by atoms with van der Waals surface area (Å²) in [6.07, 6.45) is 3.12. The highest BCUT2D eigenvalue weighted by molar-refractivity contribution is 5.89. The molecule has 1 spiro atoms. The number of Topliss-reactive ketones (excluding diaryl/α,β-unsaturated/α-hetero) is 1. The lowest BCUT2D eigenvalue weighted by Gasteiger charge is -2.44. The fourth-order valence-electron chi connectivity index (χ4n) is 4.63. The van der Waals surface area contributed by atoms with Crippen molar-refractivity contribution in [2.24, 2.45) is 5.41 Å². The van der Waals surface area contributed by atoms with Gasteiger partial charge in [0, 0.05) is 39.2 Å². The molecule has 2 aliphatic heterocycles. The summed E-state index contributed by atoms with van der Waals surface area (Å²) in [4.78, 5) is 32.1. The zero-order valence-corrected chi connectivity index (χ0v) is 20.2. The number of fused-ring (bicyclic) bond motifs is 1. The second-order valence-electron chi connectivity index (χ2n) is 8.81. The topological polar surface area (TPSA) is 92.1 Å². The predicted octanol–water partition coefficient (Wildman–Crippen LogP) is 3.85. The van der Waals surface area contributed by atoms with Gasteiger partial charge in [-0.25, -0.2) is 9.50 Å². The van der Waals surface area contributed by atoms with Gasteiger partial charge in [-0.2, -0.15) is 0 Å². The summed E-state index contributed by atoms with van der Waals surface area (Å²) >= 11 is 0. The van der Waals surface area contributed by atoms with Crippen LogP contribution < -0.4 is 10.1 Å². The van der Waals surface area contributed by atoms with Crippen molar-refractivity contribution in [1.29, 1.82) is 0 Å². The number of amides is 1. The molecule has 0 saturated carbocycles. The molecule has 1 unspecified atom stereocenters. The Morgan fingerprint density at radius 2 is 2.00 bits per heavy atom. The van der Waals surface area contributed by atoms with Crippen LogP contribution in [0.15, 0.2) is 42.6 Å². The minimum Gasteiger partial charge on any atom is -0.438 e. The fourth-order valence-corrected chi connectivity index (χ4v) is 4.63. The number of hydrogen-bond acceptors (Lipinski definition) is 7. The monoisotopic (exact) mass is 480 g/mol. The van der Waals surface area contributed by atoms with Gasteiger partial charge >= 0.3 is 0 Å². The highest BCUT2D eigenvalue weighted by atomic mass is 16.5. The summed E-state index contributed by atoms with van der Waals surface area (Å²) in [6.45, 7) is 8.74. The molecule has 2 saturated heterocycles. The Balaban J connectivity index is 0.00000111. The molecule has 1 N–H and O–H groups in total. The van der Waals surface area contributed by atoms with Crippen LogP contribution in [0.2, 0.25) is 0 Å². The van der Waals surface area contributed by atoms with Crippen molar-refractivity contribution < 1.29 is 14.3 Å². The maximum absolute atomic E-state index is 12.2. The number of β-lactam (4-membered cyclic amide) rings is 1. The van der Waals surface area contributed by atoms with Crippen molar-refractivity contribution in [2.75, 3.05) is 38.7 Å². The molecule has 5 rings (SSSR count). The molecule has 1 amide bonds. The van der Waals surface area contributed by atoms with E-state index in [1.54, 1.807) is 22.4 Å². The van der Waals surface area contributed by atoms with Gasteiger partial charge in [-0.1, -0.05) is 33.4 Å². The van der Waals surface area contributed by atoms with Crippen LogP contribution in [0.1, 0.15) is 40.2 Å². The van der Waals surface area contributed by atoms with E-state index in [0.29, 0.717) is 30.4 Å². The molecule has 9 heteroatoms. The van der Waals surface area contributed by atoms with Gasteiger partial charge in [-0.15, -0.1) is 5.10 Å². The number of imidazole rings is 1. The third-order valence-electron chi connectivity index (χ3n) is 6.13. The first-order valence-electron chi connectivity index (χ1n) is 11.7. The normalized spacial score (nSPS) is 19.1. The Bertz CT molecular complexity index is 1190. The van der Waals surface area contributed by atoms with Gasteiger partial charge in [0.05, 0.1) is 18.3 Å². The minimum absolute atomic E-state index is 0. The summed E-state index contributed by atoms with van der Waals surface area (Å²) in [5.41, 5.74) is 1.44. The van der Waals surface area contributed by atoms with E-state index >= 15 is 0 Å². The van der Waals surface area contributed by atoms with Gasteiger partial charge < -0.3 is 15.0 Å². The number of likely N-dealkylation sites (tertiary alicyclic amines) is 2. The lowest BCUT2D eigenvalue weighted by Crippen LogP contribution is -2.60. The van der Waals surface area contributed by atoms with E-state index in [9.17, 15) is 9.59 Å². The number of aromatic nitrogens is 3. The molecule has 35 heavy (non-hydrogen) atoms. The number of anilines is 1.